The van der Waals surface area contributed by atoms with Crippen LogP contribution >= 0.6 is 0 Å². The molecule has 0 saturated heterocycles. The van der Waals surface area contributed by atoms with Gasteiger partial charge in [-0.2, -0.15) is 0 Å². The van der Waals surface area contributed by atoms with Crippen molar-refractivity contribution in [1.82, 2.24) is 4.72 Å². The molecule has 0 fully saturated rings. The number of carbonyl (C=O) groups is 1. The van der Waals surface area contributed by atoms with Gasteiger partial charge < -0.3 is 10.1 Å². The lowest BCUT2D eigenvalue weighted by molar-refractivity contribution is -0.116. The van der Waals surface area contributed by atoms with E-state index >= 15 is 0 Å². The summed E-state index contributed by atoms with van der Waals surface area (Å²) >= 11 is 0. The van der Waals surface area contributed by atoms with Crippen molar-refractivity contribution in [2.45, 2.75) is 44.2 Å². The number of carbonyl (C=O) groups excluding carboxylic acids is 1. The van der Waals surface area contributed by atoms with Crippen molar-refractivity contribution in [1.29, 1.82) is 0 Å². The molecule has 0 heterocycles. The monoisotopic (exact) mass is 452 g/mol. The number of hydrogen-bond donors (Lipinski definition) is 2. The van der Waals surface area contributed by atoms with Gasteiger partial charge in [0.25, 0.3) is 0 Å². The average molecular weight is 453 g/mol. The van der Waals surface area contributed by atoms with Crippen molar-refractivity contribution in [2.24, 2.45) is 0 Å². The third-order valence-corrected chi connectivity index (χ3v) is 6.33. The Morgan fingerprint density at radius 3 is 2.16 bits per heavy atom. The van der Waals surface area contributed by atoms with Crippen molar-refractivity contribution < 1.29 is 17.9 Å². The van der Waals surface area contributed by atoms with Crippen LogP contribution in [0.2, 0.25) is 0 Å². The van der Waals surface area contributed by atoms with E-state index in [4.69, 9.17) is 4.74 Å². The first-order valence-corrected chi connectivity index (χ1v) is 12.0. The zero-order valence-corrected chi connectivity index (χ0v) is 19.1. The number of benzene rings is 3. The van der Waals surface area contributed by atoms with Gasteiger partial charge in [-0.05, 0) is 67.8 Å². The van der Waals surface area contributed by atoms with Crippen LogP contribution in [0.3, 0.4) is 0 Å². The molecule has 3 aromatic rings. The van der Waals surface area contributed by atoms with E-state index < -0.39 is 10.0 Å². The molecule has 168 valence electrons. The highest BCUT2D eigenvalue weighted by molar-refractivity contribution is 7.89. The average Bonchev–Trinajstić information content (AvgIpc) is 2.77. The fourth-order valence-corrected chi connectivity index (χ4v) is 4.32. The van der Waals surface area contributed by atoms with Gasteiger partial charge in [0, 0.05) is 18.2 Å². The van der Waals surface area contributed by atoms with Gasteiger partial charge in [-0.1, -0.05) is 42.5 Å². The SMILES string of the molecule is CC(C)NS(=O)(=O)c1ccc(CCC(=O)Nc2ccc(OCc3ccccc3)cc2)cc1. The number of hydrogen-bond acceptors (Lipinski definition) is 4. The molecule has 0 aliphatic rings. The molecule has 32 heavy (non-hydrogen) atoms. The topological polar surface area (TPSA) is 84.5 Å². The number of aryl methyl sites for hydroxylation is 1. The normalized spacial score (nSPS) is 11.3. The van der Waals surface area contributed by atoms with Crippen molar-refractivity contribution in [3.8, 4) is 5.75 Å². The molecule has 0 radical (unpaired) electrons. The first-order chi connectivity index (χ1) is 15.3. The number of anilines is 1. The molecule has 0 bridgehead atoms. The number of nitrogens with one attached hydrogen (secondary N) is 2. The van der Waals surface area contributed by atoms with E-state index in [1.807, 2.05) is 42.5 Å². The quantitative estimate of drug-likeness (QED) is 0.474. The Morgan fingerprint density at radius 1 is 0.875 bits per heavy atom. The summed E-state index contributed by atoms with van der Waals surface area (Å²) in [6.07, 6.45) is 0.810. The van der Waals surface area contributed by atoms with E-state index in [1.165, 1.54) is 0 Å². The van der Waals surface area contributed by atoms with Crippen molar-refractivity contribution >= 4 is 21.6 Å². The van der Waals surface area contributed by atoms with Crippen LogP contribution < -0.4 is 14.8 Å². The molecule has 0 aliphatic heterocycles. The van der Waals surface area contributed by atoms with E-state index in [-0.39, 0.29) is 16.8 Å². The molecule has 0 atom stereocenters. The minimum Gasteiger partial charge on any atom is -0.489 e. The molecule has 1 amide bonds. The number of ether oxygens (including phenoxy) is 1. The zero-order chi connectivity index (χ0) is 23.0. The third kappa shape index (κ3) is 7.21. The summed E-state index contributed by atoms with van der Waals surface area (Å²) in [5.74, 6) is 0.620. The number of rotatable bonds is 10. The van der Waals surface area contributed by atoms with Gasteiger partial charge in [-0.25, -0.2) is 13.1 Å². The lowest BCUT2D eigenvalue weighted by atomic mass is 10.1. The first-order valence-electron chi connectivity index (χ1n) is 10.5. The maximum atomic E-state index is 12.3. The van der Waals surface area contributed by atoms with Crippen molar-refractivity contribution in [2.75, 3.05) is 5.32 Å². The Labute approximate surface area is 189 Å². The Balaban J connectivity index is 1.46. The van der Waals surface area contributed by atoms with Gasteiger partial charge in [0.05, 0.1) is 4.90 Å². The fraction of sp³-hybridized carbons (Fsp3) is 0.240. The van der Waals surface area contributed by atoms with Gasteiger partial charge in [0.2, 0.25) is 15.9 Å². The first kappa shape index (κ1) is 23.5. The minimum atomic E-state index is -3.51. The van der Waals surface area contributed by atoms with Crippen LogP contribution in [-0.2, 0) is 27.8 Å². The molecule has 7 heteroatoms. The van der Waals surface area contributed by atoms with E-state index in [0.29, 0.717) is 25.1 Å². The molecule has 6 nitrogen and oxygen atoms in total. The molecular formula is C25H28N2O4S. The molecule has 0 aromatic heterocycles. The lowest BCUT2D eigenvalue weighted by Gasteiger charge is -2.10. The lowest BCUT2D eigenvalue weighted by Crippen LogP contribution is -2.30. The number of amides is 1. The van der Waals surface area contributed by atoms with Gasteiger partial charge in [0.1, 0.15) is 12.4 Å². The molecule has 0 aliphatic carbocycles. The highest BCUT2D eigenvalue weighted by Crippen LogP contribution is 2.18. The van der Waals surface area contributed by atoms with E-state index in [1.54, 1.807) is 50.2 Å². The molecule has 0 saturated carbocycles. The maximum absolute atomic E-state index is 12.3. The standard InChI is InChI=1S/C25H28N2O4S/c1-19(2)27-32(29,30)24-15-8-20(9-16-24)10-17-25(28)26-22-11-13-23(14-12-22)31-18-21-6-4-3-5-7-21/h3-9,11-16,19,27H,10,17-18H2,1-2H3,(H,26,28). The molecule has 3 rings (SSSR count). The van der Waals surface area contributed by atoms with Crippen LogP contribution in [0.4, 0.5) is 5.69 Å². The summed E-state index contributed by atoms with van der Waals surface area (Å²) < 4.78 is 32.7. The number of sulfonamides is 1. The Bertz CT molecular complexity index is 1110. The van der Waals surface area contributed by atoms with Crippen LogP contribution in [0.1, 0.15) is 31.4 Å². The van der Waals surface area contributed by atoms with E-state index in [2.05, 4.69) is 10.0 Å². The maximum Gasteiger partial charge on any atom is 0.240 e. The van der Waals surface area contributed by atoms with Crippen LogP contribution in [0.15, 0.2) is 83.8 Å². The second-order valence-electron chi connectivity index (χ2n) is 7.77. The molecular weight excluding hydrogens is 424 g/mol. The molecule has 2 N–H and O–H groups in total. The fourth-order valence-electron chi connectivity index (χ4n) is 3.07. The van der Waals surface area contributed by atoms with Gasteiger partial charge in [-0.3, -0.25) is 4.79 Å². The summed E-state index contributed by atoms with van der Waals surface area (Å²) in [5.41, 5.74) is 2.68. The molecule has 0 spiro atoms. The Morgan fingerprint density at radius 2 is 1.53 bits per heavy atom. The summed E-state index contributed by atoms with van der Waals surface area (Å²) in [6, 6.07) is 23.6. The summed E-state index contributed by atoms with van der Waals surface area (Å²) in [4.78, 5) is 12.5. The van der Waals surface area contributed by atoms with E-state index in [9.17, 15) is 13.2 Å². The predicted molar refractivity (Wildman–Crippen MR) is 126 cm³/mol. The van der Waals surface area contributed by atoms with Crippen molar-refractivity contribution in [3.63, 3.8) is 0 Å². The summed E-state index contributed by atoms with van der Waals surface area (Å²) in [6.45, 7) is 4.03. The molecule has 3 aromatic carbocycles. The van der Waals surface area contributed by atoms with Crippen LogP contribution in [0.5, 0.6) is 5.75 Å². The minimum absolute atomic E-state index is 0.110. The van der Waals surface area contributed by atoms with Crippen LogP contribution in [0.25, 0.3) is 0 Å². The molecule has 0 unspecified atom stereocenters. The van der Waals surface area contributed by atoms with Gasteiger partial charge in [0.15, 0.2) is 0 Å². The smallest absolute Gasteiger partial charge is 0.240 e. The largest absolute Gasteiger partial charge is 0.489 e. The van der Waals surface area contributed by atoms with Gasteiger partial charge >= 0.3 is 0 Å². The second-order valence-corrected chi connectivity index (χ2v) is 9.48. The van der Waals surface area contributed by atoms with Crippen molar-refractivity contribution in [3.05, 3.63) is 90.0 Å². The predicted octanol–water partition coefficient (Wildman–Crippen LogP) is 4.52. The second kappa shape index (κ2) is 10.9. The Kier molecular flexibility index (Phi) is 8.03. The van der Waals surface area contributed by atoms with E-state index in [0.717, 1.165) is 16.9 Å². The van der Waals surface area contributed by atoms with Crippen LogP contribution in [0, 0.1) is 0 Å². The highest BCUT2D eigenvalue weighted by atomic mass is 32.2. The third-order valence-electron chi connectivity index (χ3n) is 4.65. The van der Waals surface area contributed by atoms with Gasteiger partial charge in [-0.15, -0.1) is 0 Å². The highest BCUT2D eigenvalue weighted by Gasteiger charge is 2.15. The summed E-state index contributed by atoms with van der Waals surface area (Å²) in [7, 11) is -3.51. The zero-order valence-electron chi connectivity index (χ0n) is 18.2. The summed E-state index contributed by atoms with van der Waals surface area (Å²) in [5, 5.41) is 2.87. The van der Waals surface area contributed by atoms with Crippen LogP contribution in [-0.4, -0.2) is 20.4 Å². The Hall–Kier alpha value is -3.16.